The smallest absolute Gasteiger partial charge is 0.317 e. The van der Waals surface area contributed by atoms with Crippen LogP contribution in [-0.2, 0) is 11.2 Å². The van der Waals surface area contributed by atoms with Gasteiger partial charge in [0.15, 0.2) is 0 Å². The van der Waals surface area contributed by atoms with Crippen LogP contribution in [0.2, 0.25) is 0 Å². The van der Waals surface area contributed by atoms with E-state index in [1.165, 1.54) is 4.90 Å². The fourth-order valence-electron chi connectivity index (χ4n) is 1.77. The van der Waals surface area contributed by atoms with Crippen molar-refractivity contribution in [3.8, 4) is 0 Å². The summed E-state index contributed by atoms with van der Waals surface area (Å²) in [7, 11) is 0. The Balaban J connectivity index is 1.66. The molecule has 2 rings (SSSR count). The molecule has 0 spiro atoms. The molecule has 18 heavy (non-hydrogen) atoms. The number of carbonyl (C=O) groups is 2. The van der Waals surface area contributed by atoms with Crippen LogP contribution >= 0.6 is 0 Å². The Kier molecular flexibility index (Phi) is 3.76. The number of rotatable bonds is 4. The Morgan fingerprint density at radius 1 is 1.50 bits per heavy atom. The number of nitrogens with zero attached hydrogens (tertiary/aromatic N) is 2. The van der Waals surface area contributed by atoms with Gasteiger partial charge in [0.1, 0.15) is 0 Å². The summed E-state index contributed by atoms with van der Waals surface area (Å²) >= 11 is 0. The minimum absolute atomic E-state index is 0.198. The maximum atomic E-state index is 11.6. The predicted molar refractivity (Wildman–Crippen MR) is 64.0 cm³/mol. The SMILES string of the molecule is O=C(O)C1CN(C(=O)NCCc2cccnc2)C1. The van der Waals surface area contributed by atoms with Crippen molar-refractivity contribution in [1.82, 2.24) is 15.2 Å². The first-order chi connectivity index (χ1) is 8.66. The summed E-state index contributed by atoms with van der Waals surface area (Å²) in [5, 5.41) is 11.5. The molecule has 0 aromatic carbocycles. The van der Waals surface area contributed by atoms with Crippen LogP contribution in [0, 0.1) is 5.92 Å². The highest BCUT2D eigenvalue weighted by molar-refractivity contribution is 5.79. The van der Waals surface area contributed by atoms with E-state index in [0.717, 1.165) is 12.0 Å². The number of amides is 2. The quantitative estimate of drug-likeness (QED) is 0.806. The number of hydrogen-bond donors (Lipinski definition) is 2. The first-order valence-corrected chi connectivity index (χ1v) is 5.81. The van der Waals surface area contributed by atoms with Gasteiger partial charge in [-0.3, -0.25) is 9.78 Å². The molecule has 1 saturated heterocycles. The van der Waals surface area contributed by atoms with E-state index >= 15 is 0 Å². The number of pyridine rings is 1. The summed E-state index contributed by atoms with van der Waals surface area (Å²) in [4.78, 5) is 27.7. The fourth-order valence-corrected chi connectivity index (χ4v) is 1.77. The number of hydrogen-bond acceptors (Lipinski definition) is 3. The van der Waals surface area contributed by atoms with Gasteiger partial charge >= 0.3 is 12.0 Å². The van der Waals surface area contributed by atoms with Crippen molar-refractivity contribution in [1.29, 1.82) is 0 Å². The third-order valence-electron chi connectivity index (χ3n) is 2.93. The van der Waals surface area contributed by atoms with E-state index in [1.54, 1.807) is 12.4 Å². The van der Waals surface area contributed by atoms with Crippen LogP contribution in [0.3, 0.4) is 0 Å². The molecule has 1 aromatic heterocycles. The zero-order valence-corrected chi connectivity index (χ0v) is 9.87. The molecule has 1 aromatic rings. The highest BCUT2D eigenvalue weighted by Crippen LogP contribution is 2.15. The number of carbonyl (C=O) groups excluding carboxylic acids is 1. The van der Waals surface area contributed by atoms with Crippen molar-refractivity contribution >= 4 is 12.0 Å². The third kappa shape index (κ3) is 2.97. The Morgan fingerprint density at radius 2 is 2.28 bits per heavy atom. The van der Waals surface area contributed by atoms with Gasteiger partial charge in [-0.1, -0.05) is 6.07 Å². The number of urea groups is 1. The van der Waals surface area contributed by atoms with E-state index < -0.39 is 11.9 Å². The molecular formula is C12H15N3O3. The Bertz CT molecular complexity index is 429. The van der Waals surface area contributed by atoms with Crippen LogP contribution in [0.1, 0.15) is 5.56 Å². The normalized spacial score (nSPS) is 15.0. The number of aromatic nitrogens is 1. The molecule has 0 radical (unpaired) electrons. The zero-order chi connectivity index (χ0) is 13.0. The summed E-state index contributed by atoms with van der Waals surface area (Å²) in [6, 6.07) is 3.60. The average Bonchev–Trinajstić information content (AvgIpc) is 2.28. The van der Waals surface area contributed by atoms with Gasteiger partial charge in [0.25, 0.3) is 0 Å². The lowest BCUT2D eigenvalue weighted by molar-refractivity contribution is -0.146. The monoisotopic (exact) mass is 249 g/mol. The van der Waals surface area contributed by atoms with Gasteiger partial charge in [0.2, 0.25) is 0 Å². The van der Waals surface area contributed by atoms with E-state index in [2.05, 4.69) is 10.3 Å². The minimum atomic E-state index is -0.839. The molecule has 0 aliphatic carbocycles. The van der Waals surface area contributed by atoms with Crippen LogP contribution in [0.25, 0.3) is 0 Å². The highest BCUT2D eigenvalue weighted by atomic mass is 16.4. The molecule has 2 amide bonds. The lowest BCUT2D eigenvalue weighted by Crippen LogP contribution is -2.56. The molecule has 0 bridgehead atoms. The summed E-state index contributed by atoms with van der Waals surface area (Å²) in [6.07, 6.45) is 4.18. The number of nitrogens with one attached hydrogen (secondary N) is 1. The van der Waals surface area contributed by atoms with Crippen LogP contribution in [0.5, 0.6) is 0 Å². The standard InChI is InChI=1S/C12H15N3O3/c16-11(17)10-7-15(8-10)12(18)14-5-3-9-2-1-4-13-6-9/h1-2,4,6,10H,3,5,7-8H2,(H,14,18)(H,16,17). The molecular weight excluding hydrogens is 234 g/mol. The van der Waals surface area contributed by atoms with E-state index in [4.69, 9.17) is 5.11 Å². The second-order valence-electron chi connectivity index (χ2n) is 4.28. The molecule has 96 valence electrons. The second kappa shape index (κ2) is 5.48. The maximum absolute atomic E-state index is 11.6. The highest BCUT2D eigenvalue weighted by Gasteiger charge is 2.35. The van der Waals surface area contributed by atoms with E-state index in [9.17, 15) is 9.59 Å². The molecule has 0 unspecified atom stereocenters. The zero-order valence-electron chi connectivity index (χ0n) is 9.87. The molecule has 1 fully saturated rings. The predicted octanol–water partition coefficient (Wildman–Crippen LogP) is 0.350. The van der Waals surface area contributed by atoms with Gasteiger partial charge in [-0.15, -0.1) is 0 Å². The molecule has 0 saturated carbocycles. The van der Waals surface area contributed by atoms with Crippen LogP contribution < -0.4 is 5.32 Å². The molecule has 2 N–H and O–H groups in total. The lowest BCUT2D eigenvalue weighted by Gasteiger charge is -2.36. The van der Waals surface area contributed by atoms with E-state index in [-0.39, 0.29) is 6.03 Å². The number of likely N-dealkylation sites (tertiary alicyclic amines) is 1. The van der Waals surface area contributed by atoms with Gasteiger partial charge in [0.05, 0.1) is 5.92 Å². The summed E-state index contributed by atoms with van der Waals surface area (Å²) in [6.45, 7) is 1.13. The molecule has 0 atom stereocenters. The molecule has 1 aliphatic rings. The van der Waals surface area contributed by atoms with Gasteiger partial charge in [-0.2, -0.15) is 0 Å². The largest absolute Gasteiger partial charge is 0.481 e. The first-order valence-electron chi connectivity index (χ1n) is 5.81. The molecule has 1 aliphatic heterocycles. The van der Waals surface area contributed by atoms with Gasteiger partial charge < -0.3 is 15.3 Å². The number of carboxylic acids is 1. The van der Waals surface area contributed by atoms with Crippen molar-refractivity contribution in [2.45, 2.75) is 6.42 Å². The lowest BCUT2D eigenvalue weighted by atomic mass is 10.0. The molecule has 6 heteroatoms. The third-order valence-corrected chi connectivity index (χ3v) is 2.93. The topological polar surface area (TPSA) is 82.5 Å². The van der Waals surface area contributed by atoms with Crippen molar-refractivity contribution in [3.63, 3.8) is 0 Å². The van der Waals surface area contributed by atoms with Crippen LogP contribution in [-0.4, -0.2) is 46.6 Å². The molecule has 6 nitrogen and oxygen atoms in total. The summed E-state index contributed by atoms with van der Waals surface area (Å²) < 4.78 is 0. The average molecular weight is 249 g/mol. The van der Waals surface area contributed by atoms with Crippen molar-refractivity contribution < 1.29 is 14.7 Å². The van der Waals surface area contributed by atoms with Gasteiger partial charge in [-0.05, 0) is 18.1 Å². The van der Waals surface area contributed by atoms with Crippen molar-refractivity contribution in [2.75, 3.05) is 19.6 Å². The first kappa shape index (κ1) is 12.3. The van der Waals surface area contributed by atoms with E-state index in [1.807, 2.05) is 12.1 Å². The van der Waals surface area contributed by atoms with Crippen LogP contribution in [0.4, 0.5) is 4.79 Å². The fraction of sp³-hybridized carbons (Fsp3) is 0.417. The summed E-state index contributed by atoms with van der Waals surface area (Å²) in [5.41, 5.74) is 1.06. The Labute approximate surface area is 105 Å². The minimum Gasteiger partial charge on any atom is -0.481 e. The Hall–Kier alpha value is -2.11. The maximum Gasteiger partial charge on any atom is 0.317 e. The van der Waals surface area contributed by atoms with Crippen molar-refractivity contribution in [3.05, 3.63) is 30.1 Å². The van der Waals surface area contributed by atoms with Gasteiger partial charge in [0, 0.05) is 32.0 Å². The van der Waals surface area contributed by atoms with Gasteiger partial charge in [-0.25, -0.2) is 4.79 Å². The molecule has 2 heterocycles. The summed E-state index contributed by atoms with van der Waals surface area (Å²) in [5.74, 6) is -1.25. The van der Waals surface area contributed by atoms with E-state index in [0.29, 0.717) is 19.6 Å². The van der Waals surface area contributed by atoms with Crippen molar-refractivity contribution in [2.24, 2.45) is 5.92 Å². The Morgan fingerprint density at radius 3 is 2.89 bits per heavy atom. The number of carboxylic acid groups (broad SMARTS) is 1. The second-order valence-corrected chi connectivity index (χ2v) is 4.28. The number of aliphatic carboxylic acids is 1. The van der Waals surface area contributed by atoms with Crippen LogP contribution in [0.15, 0.2) is 24.5 Å².